The molecule has 2 aliphatic heterocycles. The summed E-state index contributed by atoms with van der Waals surface area (Å²) >= 11 is 0. The Morgan fingerprint density at radius 2 is 1.89 bits per heavy atom. The molecule has 144 valence electrons. The van der Waals surface area contributed by atoms with Crippen LogP contribution in [-0.2, 0) is 26.6 Å². The Hall–Kier alpha value is -3.09. The van der Waals surface area contributed by atoms with E-state index in [4.69, 9.17) is 0 Å². The van der Waals surface area contributed by atoms with Crippen LogP contribution in [-0.4, -0.2) is 41.8 Å². The molecule has 1 aromatic carbocycles. The number of hydrogen-bond donors (Lipinski definition) is 0. The van der Waals surface area contributed by atoms with Gasteiger partial charge in [-0.15, -0.1) is 0 Å². The van der Waals surface area contributed by atoms with Crippen LogP contribution in [0.4, 0.5) is 0 Å². The summed E-state index contributed by atoms with van der Waals surface area (Å²) < 4.78 is 5.19. The molecule has 3 aromatic rings. The van der Waals surface area contributed by atoms with Gasteiger partial charge in [0.15, 0.2) is 0 Å². The fraction of sp³-hybridized carbons (Fsp3) is 0.381. The molecule has 2 bridgehead atoms. The molecular weight excluding hydrogens is 354 g/mol. The lowest BCUT2D eigenvalue weighted by Gasteiger charge is -2.28. The average molecular weight is 377 g/mol. The van der Waals surface area contributed by atoms with E-state index in [1.807, 2.05) is 65.2 Å². The number of hydrogen-bond acceptors (Lipinski definition) is 3. The largest absolute Gasteiger partial charge is 0.347 e. The van der Waals surface area contributed by atoms with Gasteiger partial charge in [-0.3, -0.25) is 9.36 Å². The zero-order valence-corrected chi connectivity index (χ0v) is 15.9. The van der Waals surface area contributed by atoms with Gasteiger partial charge < -0.3 is 9.47 Å². The number of aryl methyl sites for hydroxylation is 1. The number of fused-ring (bicyclic) bond motifs is 3. The van der Waals surface area contributed by atoms with Crippen LogP contribution in [0.1, 0.15) is 34.7 Å². The van der Waals surface area contributed by atoms with Gasteiger partial charge in [-0.2, -0.15) is 5.10 Å². The van der Waals surface area contributed by atoms with Gasteiger partial charge in [-0.05, 0) is 30.5 Å². The van der Waals surface area contributed by atoms with Crippen molar-refractivity contribution in [2.24, 2.45) is 7.05 Å². The zero-order chi connectivity index (χ0) is 19.3. The molecule has 0 N–H and O–H groups in total. The Morgan fingerprint density at radius 1 is 1.11 bits per heavy atom. The maximum Gasteiger partial charge on any atom is 0.346 e. The number of carbonyl (C=O) groups excluding carboxylic acids is 1. The molecule has 28 heavy (non-hydrogen) atoms. The predicted molar refractivity (Wildman–Crippen MR) is 104 cm³/mol. The molecule has 7 heteroatoms. The molecule has 4 heterocycles. The first-order valence-corrected chi connectivity index (χ1v) is 9.76. The Kier molecular flexibility index (Phi) is 3.96. The first kappa shape index (κ1) is 17.0. The monoisotopic (exact) mass is 377 g/mol. The van der Waals surface area contributed by atoms with Crippen molar-refractivity contribution in [3.8, 4) is 0 Å². The van der Waals surface area contributed by atoms with Crippen molar-refractivity contribution in [2.45, 2.75) is 44.4 Å². The number of nitrogens with zero attached hydrogens (tertiary/aromatic N) is 5. The molecule has 0 spiro atoms. The lowest BCUT2D eigenvalue weighted by Crippen LogP contribution is -2.43. The second-order valence-corrected chi connectivity index (χ2v) is 7.76. The minimum atomic E-state index is -0.0855. The molecular formula is C21H23N5O2. The highest BCUT2D eigenvalue weighted by molar-refractivity contribution is 5.93. The lowest BCUT2D eigenvalue weighted by atomic mass is 10.1. The Morgan fingerprint density at radius 3 is 2.64 bits per heavy atom. The molecule has 2 unspecified atom stereocenters. The Bertz CT molecular complexity index is 1080. The first-order chi connectivity index (χ1) is 13.6. The van der Waals surface area contributed by atoms with Gasteiger partial charge in [0.05, 0.1) is 12.6 Å². The summed E-state index contributed by atoms with van der Waals surface area (Å²) in [4.78, 5) is 28.1. The highest BCUT2D eigenvalue weighted by Gasteiger charge is 2.42. The van der Waals surface area contributed by atoms with E-state index in [-0.39, 0.29) is 23.7 Å². The minimum absolute atomic E-state index is 0.0423. The van der Waals surface area contributed by atoms with Crippen molar-refractivity contribution in [3.05, 3.63) is 76.2 Å². The van der Waals surface area contributed by atoms with Crippen LogP contribution in [0, 0.1) is 0 Å². The van der Waals surface area contributed by atoms with Gasteiger partial charge >= 0.3 is 5.69 Å². The van der Waals surface area contributed by atoms with E-state index in [0.717, 1.165) is 24.2 Å². The SMILES string of the molecule is Cn1cccc1C(=O)N1C2CCC1Cn1c(nn(Cc3ccccc3)c1=O)C2. The lowest BCUT2D eigenvalue weighted by molar-refractivity contribution is 0.0655. The van der Waals surface area contributed by atoms with Crippen LogP contribution in [0.2, 0.25) is 0 Å². The van der Waals surface area contributed by atoms with E-state index in [2.05, 4.69) is 5.10 Å². The molecule has 1 fully saturated rings. The van der Waals surface area contributed by atoms with Crippen molar-refractivity contribution < 1.29 is 4.79 Å². The quantitative estimate of drug-likeness (QED) is 0.697. The van der Waals surface area contributed by atoms with Gasteiger partial charge in [-0.25, -0.2) is 9.48 Å². The summed E-state index contributed by atoms with van der Waals surface area (Å²) in [5.74, 6) is 0.841. The van der Waals surface area contributed by atoms with E-state index >= 15 is 0 Å². The molecule has 0 aliphatic carbocycles. The highest BCUT2D eigenvalue weighted by atomic mass is 16.2. The van der Waals surface area contributed by atoms with Gasteiger partial charge in [0, 0.05) is 32.3 Å². The summed E-state index contributed by atoms with van der Waals surface area (Å²) in [5.41, 5.74) is 1.66. The van der Waals surface area contributed by atoms with E-state index < -0.39 is 0 Å². The summed E-state index contributed by atoms with van der Waals surface area (Å²) in [6.45, 7) is 0.997. The Balaban J connectivity index is 1.45. The molecule has 2 atom stereocenters. The van der Waals surface area contributed by atoms with E-state index in [0.29, 0.717) is 25.2 Å². The van der Waals surface area contributed by atoms with Crippen molar-refractivity contribution in [1.29, 1.82) is 0 Å². The number of aromatic nitrogens is 4. The van der Waals surface area contributed by atoms with Crippen molar-refractivity contribution in [3.63, 3.8) is 0 Å². The van der Waals surface area contributed by atoms with Crippen molar-refractivity contribution in [1.82, 2.24) is 23.8 Å². The van der Waals surface area contributed by atoms with E-state index in [1.54, 1.807) is 9.25 Å². The molecule has 1 amide bonds. The third-order valence-corrected chi connectivity index (χ3v) is 6.00. The number of amides is 1. The third kappa shape index (κ3) is 2.69. The minimum Gasteiger partial charge on any atom is -0.347 e. The summed E-state index contributed by atoms with van der Waals surface area (Å²) in [6, 6.07) is 13.8. The van der Waals surface area contributed by atoms with Crippen LogP contribution in [0.15, 0.2) is 53.5 Å². The predicted octanol–water partition coefficient (Wildman–Crippen LogP) is 1.66. The highest BCUT2D eigenvalue weighted by Crippen LogP contribution is 2.31. The van der Waals surface area contributed by atoms with Crippen LogP contribution in [0.5, 0.6) is 0 Å². The van der Waals surface area contributed by atoms with Gasteiger partial charge in [0.1, 0.15) is 11.5 Å². The molecule has 7 nitrogen and oxygen atoms in total. The standard InChI is InChI=1S/C21H23N5O2/c1-23-11-5-8-18(23)20(27)26-16-9-10-17(26)14-24-19(12-16)22-25(21(24)28)13-15-6-3-2-4-7-15/h2-8,11,16-17H,9-10,12-14H2,1H3. The van der Waals surface area contributed by atoms with Crippen LogP contribution >= 0.6 is 0 Å². The third-order valence-electron chi connectivity index (χ3n) is 6.00. The molecule has 0 radical (unpaired) electrons. The number of benzene rings is 1. The first-order valence-electron chi connectivity index (χ1n) is 9.76. The zero-order valence-electron chi connectivity index (χ0n) is 15.9. The second-order valence-electron chi connectivity index (χ2n) is 7.76. The molecule has 1 saturated heterocycles. The van der Waals surface area contributed by atoms with Crippen LogP contribution in [0.3, 0.4) is 0 Å². The normalized spacial score (nSPS) is 20.8. The summed E-state index contributed by atoms with van der Waals surface area (Å²) in [7, 11) is 1.89. The number of carbonyl (C=O) groups is 1. The second kappa shape index (κ2) is 6.51. The number of rotatable bonds is 3. The molecule has 2 aliphatic rings. The average Bonchev–Trinajstić information content (AvgIpc) is 3.33. The fourth-order valence-corrected chi connectivity index (χ4v) is 4.59. The molecule has 0 saturated carbocycles. The summed E-state index contributed by atoms with van der Waals surface area (Å²) in [6.07, 6.45) is 4.40. The van der Waals surface area contributed by atoms with Crippen LogP contribution in [0.25, 0.3) is 0 Å². The molecule has 2 aromatic heterocycles. The van der Waals surface area contributed by atoms with E-state index in [1.165, 1.54) is 0 Å². The van der Waals surface area contributed by atoms with E-state index in [9.17, 15) is 9.59 Å². The van der Waals surface area contributed by atoms with Gasteiger partial charge in [0.25, 0.3) is 5.91 Å². The van der Waals surface area contributed by atoms with Gasteiger partial charge in [0.2, 0.25) is 0 Å². The van der Waals surface area contributed by atoms with Crippen molar-refractivity contribution >= 4 is 5.91 Å². The smallest absolute Gasteiger partial charge is 0.346 e. The topological polar surface area (TPSA) is 65.1 Å². The van der Waals surface area contributed by atoms with Crippen LogP contribution < -0.4 is 5.69 Å². The Labute approximate surface area is 162 Å². The molecule has 5 rings (SSSR count). The maximum atomic E-state index is 13.2. The fourth-order valence-electron chi connectivity index (χ4n) is 4.59. The van der Waals surface area contributed by atoms with Crippen molar-refractivity contribution in [2.75, 3.05) is 0 Å². The summed E-state index contributed by atoms with van der Waals surface area (Å²) in [5, 5.41) is 4.62. The van der Waals surface area contributed by atoms with Gasteiger partial charge in [-0.1, -0.05) is 30.3 Å². The maximum absolute atomic E-state index is 13.2.